The average Bonchev–Trinajstić information content (AvgIpc) is 2.83. The van der Waals surface area contributed by atoms with E-state index in [0.717, 1.165) is 11.4 Å². The van der Waals surface area contributed by atoms with Gasteiger partial charge in [-0.05, 0) is 24.3 Å². The number of aromatic nitrogens is 1. The summed E-state index contributed by atoms with van der Waals surface area (Å²) >= 11 is 0. The number of halogens is 4. The van der Waals surface area contributed by atoms with Gasteiger partial charge in [0, 0.05) is 11.8 Å². The van der Waals surface area contributed by atoms with E-state index in [9.17, 15) is 17.3 Å². The molecule has 0 amide bonds. The maximum absolute atomic E-state index is 9.75. The second kappa shape index (κ2) is 6.77. The summed E-state index contributed by atoms with van der Waals surface area (Å²) in [6, 6.07) is 14.3. The van der Waals surface area contributed by atoms with Gasteiger partial charge in [-0.2, -0.15) is 0 Å². The van der Waals surface area contributed by atoms with E-state index in [1.54, 1.807) is 0 Å². The maximum atomic E-state index is 9.75. The van der Waals surface area contributed by atoms with Crippen molar-refractivity contribution in [1.82, 2.24) is 4.98 Å². The molecule has 0 aliphatic rings. The van der Waals surface area contributed by atoms with Gasteiger partial charge in [0.2, 0.25) is 5.71 Å². The SMILES string of the molecule is C[NH+]=C(c1ccccc1)c1ccc[nH]1.F[B-](F)(F)F. The topological polar surface area (TPSA) is 29.8 Å². The second-order valence-electron chi connectivity index (χ2n) is 3.57. The van der Waals surface area contributed by atoms with Crippen LogP contribution in [-0.2, 0) is 0 Å². The Morgan fingerprint density at radius 1 is 1.00 bits per heavy atom. The second-order valence-corrected chi connectivity index (χ2v) is 3.57. The highest BCUT2D eigenvalue weighted by atomic mass is 19.5. The predicted molar refractivity (Wildman–Crippen MR) is 67.5 cm³/mol. The molecule has 0 fully saturated rings. The van der Waals surface area contributed by atoms with Gasteiger partial charge in [0.1, 0.15) is 12.7 Å². The molecule has 1 aromatic heterocycles. The lowest BCUT2D eigenvalue weighted by Gasteiger charge is -1.97. The Kier molecular flexibility index (Phi) is 5.35. The molecule has 2 rings (SSSR count). The van der Waals surface area contributed by atoms with E-state index in [-0.39, 0.29) is 0 Å². The van der Waals surface area contributed by atoms with Crippen LogP contribution in [-0.4, -0.2) is 25.0 Å². The highest BCUT2D eigenvalue weighted by Crippen LogP contribution is 2.06. The molecule has 0 atom stereocenters. The van der Waals surface area contributed by atoms with Crippen LogP contribution in [0, 0.1) is 0 Å². The van der Waals surface area contributed by atoms with Crippen LogP contribution < -0.4 is 4.99 Å². The smallest absolute Gasteiger partial charge is 0.418 e. The molecule has 0 saturated heterocycles. The number of hydrogen-bond donors (Lipinski definition) is 2. The van der Waals surface area contributed by atoms with Gasteiger partial charge in [-0.15, -0.1) is 0 Å². The van der Waals surface area contributed by atoms with Gasteiger partial charge in [-0.1, -0.05) is 18.2 Å². The molecule has 1 aromatic carbocycles. The lowest BCUT2D eigenvalue weighted by Crippen LogP contribution is -2.68. The van der Waals surface area contributed by atoms with Crippen molar-refractivity contribution in [2.75, 3.05) is 7.05 Å². The van der Waals surface area contributed by atoms with Crippen LogP contribution in [0.15, 0.2) is 48.7 Å². The number of nitrogens with one attached hydrogen (secondary N) is 2. The number of aromatic amines is 1. The van der Waals surface area contributed by atoms with E-state index in [4.69, 9.17) is 0 Å². The first-order valence-electron chi connectivity index (χ1n) is 5.53. The van der Waals surface area contributed by atoms with Gasteiger partial charge in [-0.3, -0.25) is 0 Å². The molecular formula is C12H13BF4N2. The summed E-state index contributed by atoms with van der Waals surface area (Å²) < 4.78 is 39.0. The Hall–Kier alpha value is -2.05. The third kappa shape index (κ3) is 5.90. The maximum Gasteiger partial charge on any atom is 0.673 e. The van der Waals surface area contributed by atoms with Gasteiger partial charge < -0.3 is 22.2 Å². The van der Waals surface area contributed by atoms with Crippen LogP contribution in [0.3, 0.4) is 0 Å². The van der Waals surface area contributed by atoms with Crippen molar-refractivity contribution in [2.45, 2.75) is 0 Å². The fourth-order valence-electron chi connectivity index (χ4n) is 1.53. The number of benzene rings is 1. The fourth-order valence-corrected chi connectivity index (χ4v) is 1.53. The zero-order valence-electron chi connectivity index (χ0n) is 10.2. The third-order valence-electron chi connectivity index (χ3n) is 2.18. The molecular weight excluding hydrogens is 259 g/mol. The quantitative estimate of drug-likeness (QED) is 0.475. The molecule has 102 valence electrons. The van der Waals surface area contributed by atoms with Crippen LogP contribution in [0.2, 0.25) is 0 Å². The van der Waals surface area contributed by atoms with Gasteiger partial charge >= 0.3 is 7.25 Å². The van der Waals surface area contributed by atoms with Crippen LogP contribution in [0.1, 0.15) is 11.3 Å². The van der Waals surface area contributed by atoms with Crippen LogP contribution in [0.4, 0.5) is 17.3 Å². The molecule has 0 radical (unpaired) electrons. The molecule has 2 N–H and O–H groups in total. The van der Waals surface area contributed by atoms with E-state index >= 15 is 0 Å². The van der Waals surface area contributed by atoms with Crippen molar-refractivity contribution in [1.29, 1.82) is 0 Å². The van der Waals surface area contributed by atoms with Crippen LogP contribution in [0.25, 0.3) is 0 Å². The molecule has 1 heterocycles. The zero-order chi connectivity index (χ0) is 14.3. The van der Waals surface area contributed by atoms with Crippen molar-refractivity contribution in [3.63, 3.8) is 0 Å². The Balaban J connectivity index is 0.000000312. The summed E-state index contributed by atoms with van der Waals surface area (Å²) in [5, 5.41) is 0. The number of rotatable bonds is 2. The lowest BCUT2D eigenvalue weighted by molar-refractivity contribution is -0.418. The van der Waals surface area contributed by atoms with Gasteiger partial charge in [0.05, 0.1) is 0 Å². The first-order chi connectivity index (χ1) is 8.92. The average molecular weight is 272 g/mol. The molecule has 2 nitrogen and oxygen atoms in total. The van der Waals surface area contributed by atoms with Crippen molar-refractivity contribution in [3.8, 4) is 0 Å². The summed E-state index contributed by atoms with van der Waals surface area (Å²) in [5.74, 6) is 0. The summed E-state index contributed by atoms with van der Waals surface area (Å²) in [6.07, 6.45) is 1.93. The zero-order valence-corrected chi connectivity index (χ0v) is 10.2. The molecule has 0 aliphatic carbocycles. The highest BCUT2D eigenvalue weighted by molar-refractivity contribution is 6.50. The van der Waals surface area contributed by atoms with Crippen LogP contribution in [0.5, 0.6) is 0 Å². The first kappa shape index (κ1) is 15.0. The Labute approximate surface area is 108 Å². The van der Waals surface area contributed by atoms with Crippen molar-refractivity contribution < 1.29 is 22.3 Å². The Morgan fingerprint density at radius 3 is 2.00 bits per heavy atom. The highest BCUT2D eigenvalue weighted by Gasteiger charge is 2.20. The predicted octanol–water partition coefficient (Wildman–Crippen LogP) is 1.86. The third-order valence-corrected chi connectivity index (χ3v) is 2.18. The molecule has 0 spiro atoms. The van der Waals surface area contributed by atoms with Crippen molar-refractivity contribution >= 4 is 13.0 Å². The number of H-pyrrole nitrogens is 1. The van der Waals surface area contributed by atoms with Crippen molar-refractivity contribution in [3.05, 3.63) is 59.9 Å². The summed E-state index contributed by atoms with van der Waals surface area (Å²) in [4.78, 5) is 6.39. The molecule has 2 aromatic rings. The standard InChI is InChI=1S/C12H12N2.BF4/c1-13-12(11-8-5-9-14-11)10-6-3-2-4-7-10;2-1(3,4)5/h2-9,14H,1H3;/q;-1/p+1. The van der Waals surface area contributed by atoms with Gasteiger partial charge in [-0.25, -0.2) is 4.99 Å². The minimum absolute atomic E-state index is 1.11. The number of hydrogen-bond acceptors (Lipinski definition) is 0. The molecule has 0 bridgehead atoms. The van der Waals surface area contributed by atoms with Crippen LogP contribution >= 0.6 is 0 Å². The molecule has 0 saturated carbocycles. The lowest BCUT2D eigenvalue weighted by atomic mass is 10.1. The molecule has 19 heavy (non-hydrogen) atoms. The molecule has 0 unspecified atom stereocenters. The fraction of sp³-hybridized carbons (Fsp3) is 0.0833. The summed E-state index contributed by atoms with van der Waals surface area (Å²) in [7, 11) is -4.07. The van der Waals surface area contributed by atoms with Gasteiger partial charge in [0.25, 0.3) is 0 Å². The Morgan fingerprint density at radius 2 is 1.58 bits per heavy atom. The van der Waals surface area contributed by atoms with E-state index in [1.165, 1.54) is 5.56 Å². The van der Waals surface area contributed by atoms with E-state index in [0.29, 0.717) is 0 Å². The first-order valence-corrected chi connectivity index (χ1v) is 5.53. The monoisotopic (exact) mass is 272 g/mol. The van der Waals surface area contributed by atoms with E-state index in [1.807, 2.05) is 37.5 Å². The van der Waals surface area contributed by atoms with Gasteiger partial charge in [0.15, 0.2) is 0 Å². The van der Waals surface area contributed by atoms with E-state index in [2.05, 4.69) is 28.2 Å². The summed E-state index contributed by atoms with van der Waals surface area (Å²) in [5.41, 5.74) is 3.42. The minimum Gasteiger partial charge on any atom is -0.418 e. The molecule has 0 aliphatic heterocycles. The van der Waals surface area contributed by atoms with Crippen molar-refractivity contribution in [2.24, 2.45) is 0 Å². The normalized spacial score (nSPS) is 11.7. The minimum atomic E-state index is -6.00. The van der Waals surface area contributed by atoms with E-state index < -0.39 is 7.25 Å². The largest absolute Gasteiger partial charge is 0.673 e. The Bertz CT molecular complexity index is 500. The molecule has 7 heteroatoms. The summed E-state index contributed by atoms with van der Waals surface area (Å²) in [6.45, 7) is 0.